The zero-order valence-electron chi connectivity index (χ0n) is 16.0. The molecule has 8 heteroatoms. The van der Waals surface area contributed by atoms with Crippen LogP contribution in [-0.2, 0) is 6.54 Å². The maximum Gasteiger partial charge on any atom is 0.259 e. The lowest BCUT2D eigenvalue weighted by Gasteiger charge is -2.19. The Morgan fingerprint density at radius 2 is 1.96 bits per heavy atom. The molecular weight excluding hydrogens is 354 g/mol. The van der Waals surface area contributed by atoms with Crippen molar-refractivity contribution in [2.45, 2.75) is 20.4 Å². The fourth-order valence-electron chi connectivity index (χ4n) is 3.31. The lowest BCUT2D eigenvalue weighted by molar-refractivity contribution is 0.102. The Hall–Kier alpha value is -3.26. The summed E-state index contributed by atoms with van der Waals surface area (Å²) in [5.41, 5.74) is 3.10. The molecule has 1 aromatic carbocycles. The van der Waals surface area contributed by atoms with Crippen LogP contribution in [-0.4, -0.2) is 54.6 Å². The van der Waals surface area contributed by atoms with Crippen LogP contribution in [0.2, 0.25) is 0 Å². The lowest BCUT2D eigenvalue weighted by Crippen LogP contribution is -2.27. The van der Waals surface area contributed by atoms with E-state index in [1.165, 1.54) is 0 Å². The number of amides is 1. The van der Waals surface area contributed by atoms with Crippen molar-refractivity contribution in [3.63, 3.8) is 0 Å². The summed E-state index contributed by atoms with van der Waals surface area (Å²) >= 11 is 0. The van der Waals surface area contributed by atoms with Gasteiger partial charge in [-0.05, 0) is 37.4 Å². The van der Waals surface area contributed by atoms with Gasteiger partial charge in [0.2, 0.25) is 5.95 Å². The number of nitrogens with zero attached hydrogens (tertiary/aromatic N) is 6. The van der Waals surface area contributed by atoms with Crippen LogP contribution in [0.15, 0.2) is 48.9 Å². The van der Waals surface area contributed by atoms with Gasteiger partial charge in [0.05, 0.1) is 16.6 Å². The second-order valence-corrected chi connectivity index (χ2v) is 6.57. The molecule has 8 nitrogen and oxygen atoms in total. The van der Waals surface area contributed by atoms with Gasteiger partial charge < -0.3 is 9.47 Å². The molecule has 0 bridgehead atoms. The van der Waals surface area contributed by atoms with Crippen LogP contribution in [0.1, 0.15) is 24.2 Å². The van der Waals surface area contributed by atoms with Crippen molar-refractivity contribution >= 4 is 28.5 Å². The minimum Gasteiger partial charge on any atom is -0.309 e. The Balaban J connectivity index is 1.63. The van der Waals surface area contributed by atoms with Crippen molar-refractivity contribution in [2.75, 3.05) is 25.0 Å². The number of likely N-dealkylation sites (N-methyl/N-ethyl adjacent to an activating group) is 1. The number of pyridine rings is 1. The van der Waals surface area contributed by atoms with Gasteiger partial charge in [0.1, 0.15) is 6.33 Å². The van der Waals surface area contributed by atoms with E-state index in [4.69, 9.17) is 0 Å². The van der Waals surface area contributed by atoms with E-state index in [1.807, 2.05) is 24.3 Å². The van der Waals surface area contributed by atoms with Crippen LogP contribution in [0.3, 0.4) is 0 Å². The largest absolute Gasteiger partial charge is 0.309 e. The van der Waals surface area contributed by atoms with E-state index in [1.54, 1.807) is 29.1 Å². The lowest BCUT2D eigenvalue weighted by atomic mass is 10.2. The Labute approximate surface area is 162 Å². The van der Waals surface area contributed by atoms with Gasteiger partial charge in [-0.15, -0.1) is 10.2 Å². The summed E-state index contributed by atoms with van der Waals surface area (Å²) in [7, 11) is 0. The molecule has 0 saturated carbocycles. The Kier molecular flexibility index (Phi) is 5.03. The third kappa shape index (κ3) is 3.46. The van der Waals surface area contributed by atoms with E-state index in [9.17, 15) is 4.79 Å². The van der Waals surface area contributed by atoms with E-state index >= 15 is 0 Å². The number of carbonyl (C=O) groups is 1. The summed E-state index contributed by atoms with van der Waals surface area (Å²) in [6.45, 7) is 7.93. The minimum absolute atomic E-state index is 0.213. The van der Waals surface area contributed by atoms with E-state index < -0.39 is 0 Å². The number of anilines is 1. The van der Waals surface area contributed by atoms with Crippen LogP contribution < -0.4 is 5.32 Å². The molecule has 0 spiro atoms. The molecule has 3 heterocycles. The number of aromatic nitrogens is 5. The SMILES string of the molecule is CCN(CC)CCn1c(NC(=O)c2ccc3nncn3c2)nc2ccccc21. The first-order valence-corrected chi connectivity index (χ1v) is 9.48. The summed E-state index contributed by atoms with van der Waals surface area (Å²) < 4.78 is 3.79. The van der Waals surface area contributed by atoms with Crippen molar-refractivity contribution < 1.29 is 4.79 Å². The highest BCUT2D eigenvalue weighted by molar-refractivity contribution is 6.04. The van der Waals surface area contributed by atoms with Gasteiger partial charge in [-0.2, -0.15) is 0 Å². The number of imidazole rings is 1. The molecule has 3 aromatic heterocycles. The van der Waals surface area contributed by atoms with Crippen LogP contribution in [0.4, 0.5) is 5.95 Å². The average molecular weight is 377 g/mol. The van der Waals surface area contributed by atoms with Crippen molar-refractivity contribution in [3.05, 3.63) is 54.5 Å². The summed E-state index contributed by atoms with van der Waals surface area (Å²) in [6.07, 6.45) is 3.29. The minimum atomic E-state index is -0.213. The summed E-state index contributed by atoms with van der Waals surface area (Å²) in [6, 6.07) is 11.4. The first kappa shape index (κ1) is 18.1. The van der Waals surface area contributed by atoms with Crippen molar-refractivity contribution in [1.29, 1.82) is 0 Å². The zero-order valence-corrected chi connectivity index (χ0v) is 16.0. The number of fused-ring (bicyclic) bond motifs is 2. The fraction of sp³-hybridized carbons (Fsp3) is 0.300. The van der Waals surface area contributed by atoms with Gasteiger partial charge >= 0.3 is 0 Å². The third-order valence-electron chi connectivity index (χ3n) is 4.97. The number of nitrogens with one attached hydrogen (secondary N) is 1. The molecule has 0 aliphatic carbocycles. The smallest absolute Gasteiger partial charge is 0.259 e. The molecule has 4 rings (SSSR count). The second kappa shape index (κ2) is 7.77. The molecule has 1 N–H and O–H groups in total. The number of benzene rings is 1. The summed E-state index contributed by atoms with van der Waals surface area (Å²) in [5, 5.41) is 10.8. The van der Waals surface area contributed by atoms with Gasteiger partial charge in [-0.3, -0.25) is 14.5 Å². The normalized spacial score (nSPS) is 11.5. The molecule has 0 fully saturated rings. The Morgan fingerprint density at radius 1 is 1.14 bits per heavy atom. The third-order valence-corrected chi connectivity index (χ3v) is 4.97. The van der Waals surface area contributed by atoms with Gasteiger partial charge in [0.15, 0.2) is 5.65 Å². The highest BCUT2D eigenvalue weighted by Gasteiger charge is 2.15. The van der Waals surface area contributed by atoms with Crippen molar-refractivity contribution in [3.8, 4) is 0 Å². The van der Waals surface area contributed by atoms with Crippen molar-refractivity contribution in [2.24, 2.45) is 0 Å². The number of carbonyl (C=O) groups excluding carboxylic acids is 1. The predicted molar refractivity (Wildman–Crippen MR) is 108 cm³/mol. The van der Waals surface area contributed by atoms with Gasteiger partial charge in [0, 0.05) is 19.3 Å². The van der Waals surface area contributed by atoms with E-state index in [0.29, 0.717) is 17.2 Å². The Morgan fingerprint density at radius 3 is 2.79 bits per heavy atom. The number of rotatable bonds is 7. The highest BCUT2D eigenvalue weighted by atomic mass is 16.1. The molecule has 0 unspecified atom stereocenters. The molecule has 28 heavy (non-hydrogen) atoms. The van der Waals surface area contributed by atoms with Gasteiger partial charge in [0.25, 0.3) is 5.91 Å². The topological polar surface area (TPSA) is 80.3 Å². The van der Waals surface area contributed by atoms with Gasteiger partial charge in [-0.25, -0.2) is 4.98 Å². The van der Waals surface area contributed by atoms with Crippen LogP contribution in [0, 0.1) is 0 Å². The summed E-state index contributed by atoms with van der Waals surface area (Å²) in [5.74, 6) is 0.345. The first-order chi connectivity index (χ1) is 13.7. The first-order valence-electron chi connectivity index (χ1n) is 9.48. The van der Waals surface area contributed by atoms with Crippen LogP contribution in [0.5, 0.6) is 0 Å². The predicted octanol–water partition coefficient (Wildman–Crippen LogP) is 2.67. The highest BCUT2D eigenvalue weighted by Crippen LogP contribution is 2.20. The monoisotopic (exact) mass is 377 g/mol. The molecular formula is C20H23N7O. The van der Waals surface area contributed by atoms with Crippen molar-refractivity contribution in [1.82, 2.24) is 29.0 Å². The second-order valence-electron chi connectivity index (χ2n) is 6.57. The molecule has 0 atom stereocenters. The summed E-state index contributed by atoms with van der Waals surface area (Å²) in [4.78, 5) is 19.8. The molecule has 144 valence electrons. The molecule has 0 saturated heterocycles. The van der Waals surface area contributed by atoms with E-state index in [0.717, 1.165) is 37.2 Å². The number of hydrogen-bond donors (Lipinski definition) is 1. The molecule has 0 aliphatic rings. The van der Waals surface area contributed by atoms with Gasteiger partial charge in [-0.1, -0.05) is 26.0 Å². The van der Waals surface area contributed by atoms with Crippen LogP contribution >= 0.6 is 0 Å². The standard InChI is InChI=1S/C20H23N7O/c1-3-25(4-2)11-12-27-17-8-6-5-7-16(17)22-20(27)23-19(28)15-9-10-18-24-21-14-26(18)13-15/h5-10,13-14H,3-4,11-12H2,1-2H3,(H,22,23,28). The fourth-order valence-corrected chi connectivity index (χ4v) is 3.31. The maximum absolute atomic E-state index is 12.8. The Bertz CT molecular complexity index is 1110. The van der Waals surface area contributed by atoms with E-state index in [2.05, 4.69) is 43.8 Å². The number of para-hydroxylation sites is 2. The molecule has 0 aliphatic heterocycles. The molecule has 0 radical (unpaired) electrons. The number of hydrogen-bond acceptors (Lipinski definition) is 5. The zero-order chi connectivity index (χ0) is 19.5. The van der Waals surface area contributed by atoms with E-state index in [-0.39, 0.29) is 5.91 Å². The maximum atomic E-state index is 12.8. The quantitative estimate of drug-likeness (QED) is 0.536. The van der Waals surface area contributed by atoms with Crippen LogP contribution in [0.25, 0.3) is 16.7 Å². The molecule has 4 aromatic rings. The average Bonchev–Trinajstić information content (AvgIpc) is 3.32. The molecule has 1 amide bonds.